The van der Waals surface area contributed by atoms with E-state index in [1.54, 1.807) is 0 Å². The normalized spacial score (nSPS) is 18.8. The van der Waals surface area contributed by atoms with E-state index in [-0.39, 0.29) is 0 Å². The van der Waals surface area contributed by atoms with E-state index in [2.05, 4.69) is 13.8 Å². The van der Waals surface area contributed by atoms with Crippen molar-refractivity contribution >= 4 is 0 Å². The molecular weight excluding hydrogens is 128 g/mol. The van der Waals surface area contributed by atoms with Crippen LogP contribution in [-0.4, -0.2) is 13.2 Å². The van der Waals surface area contributed by atoms with Crippen LogP contribution in [0.2, 0.25) is 0 Å². The maximum Gasteiger partial charge on any atom is 0.136 e. The fourth-order valence-corrected chi connectivity index (χ4v) is 1.09. The highest BCUT2D eigenvalue weighted by atomic mass is 16.6. The maximum absolute atomic E-state index is 5.41. The summed E-state index contributed by atoms with van der Waals surface area (Å²) >= 11 is 0. The van der Waals surface area contributed by atoms with E-state index in [9.17, 15) is 0 Å². The molecule has 0 saturated heterocycles. The van der Waals surface area contributed by atoms with Crippen molar-refractivity contribution in [1.82, 2.24) is 0 Å². The molecule has 0 bridgehead atoms. The smallest absolute Gasteiger partial charge is 0.136 e. The van der Waals surface area contributed by atoms with Crippen LogP contribution in [0.3, 0.4) is 0 Å². The third kappa shape index (κ3) is 1.43. The molecule has 0 amide bonds. The zero-order valence-corrected chi connectivity index (χ0v) is 6.81. The van der Waals surface area contributed by atoms with Crippen LogP contribution in [0.5, 0.6) is 0 Å². The van der Waals surface area contributed by atoms with Gasteiger partial charge in [0.25, 0.3) is 0 Å². The molecule has 0 aromatic carbocycles. The Hall–Kier alpha value is -0.660. The van der Waals surface area contributed by atoms with Gasteiger partial charge >= 0.3 is 0 Å². The SMILES string of the molecule is CC1=C(C(C)C)OCCO1. The molecule has 0 unspecified atom stereocenters. The summed E-state index contributed by atoms with van der Waals surface area (Å²) in [5.74, 6) is 2.40. The molecule has 0 atom stereocenters. The first-order valence-electron chi connectivity index (χ1n) is 3.68. The van der Waals surface area contributed by atoms with E-state index < -0.39 is 0 Å². The highest BCUT2D eigenvalue weighted by molar-refractivity contribution is 5.02. The van der Waals surface area contributed by atoms with Gasteiger partial charge in [-0.05, 0) is 6.92 Å². The molecule has 0 aliphatic carbocycles. The van der Waals surface area contributed by atoms with Gasteiger partial charge < -0.3 is 9.47 Å². The zero-order chi connectivity index (χ0) is 7.56. The minimum atomic E-state index is 0.445. The van der Waals surface area contributed by atoms with Gasteiger partial charge in [0.15, 0.2) is 0 Å². The Morgan fingerprint density at radius 1 is 1.20 bits per heavy atom. The van der Waals surface area contributed by atoms with Crippen LogP contribution in [0.25, 0.3) is 0 Å². The standard InChI is InChI=1S/C8H14O2/c1-6(2)8-7(3)9-4-5-10-8/h6H,4-5H2,1-3H3. The van der Waals surface area contributed by atoms with Gasteiger partial charge in [-0.15, -0.1) is 0 Å². The van der Waals surface area contributed by atoms with Crippen molar-refractivity contribution in [2.45, 2.75) is 20.8 Å². The third-order valence-corrected chi connectivity index (χ3v) is 1.53. The minimum Gasteiger partial charge on any atom is -0.491 e. The first-order valence-corrected chi connectivity index (χ1v) is 3.68. The molecule has 0 N–H and O–H groups in total. The largest absolute Gasteiger partial charge is 0.491 e. The lowest BCUT2D eigenvalue weighted by atomic mass is 10.1. The quantitative estimate of drug-likeness (QED) is 0.557. The average molecular weight is 142 g/mol. The maximum atomic E-state index is 5.41. The number of hydrogen-bond donors (Lipinski definition) is 0. The Kier molecular flexibility index (Phi) is 2.20. The summed E-state index contributed by atoms with van der Waals surface area (Å²) in [5.41, 5.74) is 0. The van der Waals surface area contributed by atoms with Gasteiger partial charge in [-0.2, -0.15) is 0 Å². The van der Waals surface area contributed by atoms with E-state index in [1.807, 2.05) is 6.92 Å². The van der Waals surface area contributed by atoms with Crippen molar-refractivity contribution in [1.29, 1.82) is 0 Å². The highest BCUT2D eigenvalue weighted by Crippen LogP contribution is 2.19. The van der Waals surface area contributed by atoms with E-state index >= 15 is 0 Å². The highest BCUT2D eigenvalue weighted by Gasteiger charge is 2.13. The second-order valence-electron chi connectivity index (χ2n) is 2.77. The molecule has 1 heterocycles. The molecule has 10 heavy (non-hydrogen) atoms. The first-order chi connectivity index (χ1) is 4.72. The molecule has 2 heteroatoms. The first kappa shape index (κ1) is 7.45. The molecule has 0 spiro atoms. The fourth-order valence-electron chi connectivity index (χ4n) is 1.09. The summed E-state index contributed by atoms with van der Waals surface area (Å²) in [4.78, 5) is 0. The van der Waals surface area contributed by atoms with Crippen molar-refractivity contribution < 1.29 is 9.47 Å². The van der Waals surface area contributed by atoms with Crippen LogP contribution in [-0.2, 0) is 9.47 Å². The van der Waals surface area contributed by atoms with Crippen LogP contribution in [0.1, 0.15) is 20.8 Å². The van der Waals surface area contributed by atoms with Crippen LogP contribution >= 0.6 is 0 Å². The minimum absolute atomic E-state index is 0.445. The van der Waals surface area contributed by atoms with Crippen LogP contribution < -0.4 is 0 Å². The van der Waals surface area contributed by atoms with Crippen molar-refractivity contribution in [3.63, 3.8) is 0 Å². The summed E-state index contributed by atoms with van der Waals surface area (Å²) in [6.07, 6.45) is 0. The second kappa shape index (κ2) is 2.95. The molecule has 0 aromatic heterocycles. The average Bonchev–Trinajstić information content (AvgIpc) is 1.88. The lowest BCUT2D eigenvalue weighted by molar-refractivity contribution is 0.0501. The number of ether oxygens (including phenoxy) is 2. The van der Waals surface area contributed by atoms with Crippen molar-refractivity contribution in [3.05, 3.63) is 11.5 Å². The lowest BCUT2D eigenvalue weighted by Crippen LogP contribution is -2.15. The van der Waals surface area contributed by atoms with E-state index in [1.165, 1.54) is 0 Å². The lowest BCUT2D eigenvalue weighted by Gasteiger charge is -2.22. The monoisotopic (exact) mass is 142 g/mol. The van der Waals surface area contributed by atoms with Crippen molar-refractivity contribution in [3.8, 4) is 0 Å². The molecular formula is C8H14O2. The fraction of sp³-hybridized carbons (Fsp3) is 0.750. The molecule has 0 aromatic rings. The number of allylic oxidation sites excluding steroid dienone is 2. The van der Waals surface area contributed by atoms with Gasteiger partial charge in [0.1, 0.15) is 24.7 Å². The topological polar surface area (TPSA) is 18.5 Å². The third-order valence-electron chi connectivity index (χ3n) is 1.53. The van der Waals surface area contributed by atoms with Gasteiger partial charge in [0.2, 0.25) is 0 Å². The van der Waals surface area contributed by atoms with E-state index in [4.69, 9.17) is 9.47 Å². The summed E-state index contributed by atoms with van der Waals surface area (Å²) in [6.45, 7) is 7.56. The van der Waals surface area contributed by atoms with Crippen molar-refractivity contribution in [2.24, 2.45) is 5.92 Å². The van der Waals surface area contributed by atoms with Gasteiger partial charge in [-0.1, -0.05) is 13.8 Å². The molecule has 1 aliphatic heterocycles. The Bertz CT molecular complexity index is 147. The van der Waals surface area contributed by atoms with Crippen LogP contribution in [0, 0.1) is 5.92 Å². The van der Waals surface area contributed by atoms with Gasteiger partial charge in [0, 0.05) is 5.92 Å². The summed E-state index contributed by atoms with van der Waals surface area (Å²) in [7, 11) is 0. The Labute approximate surface area is 61.8 Å². The van der Waals surface area contributed by atoms with Crippen molar-refractivity contribution in [2.75, 3.05) is 13.2 Å². The number of rotatable bonds is 1. The molecule has 0 fully saturated rings. The van der Waals surface area contributed by atoms with Gasteiger partial charge in [-0.25, -0.2) is 0 Å². The summed E-state index contributed by atoms with van der Waals surface area (Å²) in [6, 6.07) is 0. The van der Waals surface area contributed by atoms with Crippen LogP contribution in [0.4, 0.5) is 0 Å². The molecule has 0 saturated carbocycles. The molecule has 0 radical (unpaired) electrons. The van der Waals surface area contributed by atoms with E-state index in [0.717, 1.165) is 11.5 Å². The predicted octanol–water partition coefficient (Wildman–Crippen LogP) is 1.92. The van der Waals surface area contributed by atoms with Gasteiger partial charge in [-0.3, -0.25) is 0 Å². The Morgan fingerprint density at radius 2 is 1.80 bits per heavy atom. The van der Waals surface area contributed by atoms with E-state index in [0.29, 0.717) is 19.1 Å². The molecule has 2 nitrogen and oxygen atoms in total. The zero-order valence-electron chi connectivity index (χ0n) is 6.81. The second-order valence-corrected chi connectivity index (χ2v) is 2.77. The number of hydrogen-bond acceptors (Lipinski definition) is 2. The Morgan fingerprint density at radius 3 is 2.20 bits per heavy atom. The van der Waals surface area contributed by atoms with Gasteiger partial charge in [0.05, 0.1) is 0 Å². The van der Waals surface area contributed by atoms with Crippen LogP contribution in [0.15, 0.2) is 11.5 Å². The summed E-state index contributed by atoms with van der Waals surface area (Å²) in [5, 5.41) is 0. The molecule has 1 aliphatic rings. The Balaban J connectivity index is 2.68. The predicted molar refractivity (Wildman–Crippen MR) is 39.4 cm³/mol. The molecule has 58 valence electrons. The summed E-state index contributed by atoms with van der Waals surface area (Å²) < 4.78 is 10.7. The molecule has 1 rings (SSSR count).